The van der Waals surface area contributed by atoms with Gasteiger partial charge >= 0.3 is 5.97 Å². The lowest BCUT2D eigenvalue weighted by molar-refractivity contribution is -0.134. The molecule has 0 fully saturated rings. The van der Waals surface area contributed by atoms with Crippen LogP contribution in [0.4, 0.5) is 0 Å². The third-order valence-corrected chi connectivity index (χ3v) is 2.88. The molecule has 18 heavy (non-hydrogen) atoms. The van der Waals surface area contributed by atoms with Crippen molar-refractivity contribution in [1.82, 2.24) is 4.57 Å². The molecule has 0 atom stereocenters. The quantitative estimate of drug-likeness (QED) is 0.615. The first-order valence-electron chi connectivity index (χ1n) is 5.55. The summed E-state index contributed by atoms with van der Waals surface area (Å²) in [5, 5.41) is 1.07. The maximum atomic E-state index is 11.1. The number of nitrogens with zero attached hydrogens (tertiary/aromatic N) is 1. The molecule has 0 aliphatic carbocycles. The molecule has 0 radical (unpaired) electrons. The van der Waals surface area contributed by atoms with Crippen molar-refractivity contribution in [2.75, 3.05) is 14.2 Å². The predicted octanol–water partition coefficient (Wildman–Crippen LogP) is 2.37. The zero-order chi connectivity index (χ0) is 13.1. The van der Waals surface area contributed by atoms with Crippen LogP contribution >= 0.6 is 0 Å². The highest BCUT2D eigenvalue weighted by atomic mass is 16.5. The lowest BCUT2D eigenvalue weighted by Crippen LogP contribution is -1.95. The lowest BCUT2D eigenvalue weighted by atomic mass is 10.2. The molecule has 2 aromatic rings. The minimum absolute atomic E-state index is 0.363. The zero-order valence-corrected chi connectivity index (χ0v) is 10.6. The van der Waals surface area contributed by atoms with Crippen LogP contribution in [0.15, 0.2) is 30.3 Å². The van der Waals surface area contributed by atoms with Gasteiger partial charge in [0.05, 0.1) is 14.2 Å². The monoisotopic (exact) mass is 245 g/mol. The summed E-state index contributed by atoms with van der Waals surface area (Å²) >= 11 is 0. The molecule has 1 aromatic heterocycles. The number of carbonyl (C=O) groups excluding carboxylic acids is 1. The molecule has 0 spiro atoms. The van der Waals surface area contributed by atoms with Gasteiger partial charge in [-0.25, -0.2) is 4.79 Å². The van der Waals surface area contributed by atoms with Gasteiger partial charge in [0, 0.05) is 29.7 Å². The summed E-state index contributed by atoms with van der Waals surface area (Å²) in [6.07, 6.45) is 3.14. The van der Waals surface area contributed by atoms with Gasteiger partial charge in [-0.3, -0.25) is 0 Å². The summed E-state index contributed by atoms with van der Waals surface area (Å²) < 4.78 is 11.8. The van der Waals surface area contributed by atoms with Crippen molar-refractivity contribution in [2.45, 2.75) is 0 Å². The Morgan fingerprint density at radius 2 is 2.06 bits per heavy atom. The van der Waals surface area contributed by atoms with E-state index in [1.165, 1.54) is 13.2 Å². The molecule has 0 N–H and O–H groups in total. The van der Waals surface area contributed by atoms with E-state index in [2.05, 4.69) is 4.74 Å². The Morgan fingerprint density at radius 3 is 2.72 bits per heavy atom. The minimum Gasteiger partial charge on any atom is -0.497 e. The summed E-state index contributed by atoms with van der Waals surface area (Å²) in [4.78, 5) is 11.1. The summed E-state index contributed by atoms with van der Waals surface area (Å²) in [6, 6.07) is 7.86. The second-order valence-electron chi connectivity index (χ2n) is 3.91. The Hall–Kier alpha value is -2.23. The van der Waals surface area contributed by atoms with Crippen LogP contribution in [-0.4, -0.2) is 24.8 Å². The second kappa shape index (κ2) is 4.96. The van der Waals surface area contributed by atoms with Crippen molar-refractivity contribution in [3.8, 4) is 5.75 Å². The van der Waals surface area contributed by atoms with Crippen molar-refractivity contribution in [2.24, 2.45) is 7.05 Å². The Bertz CT molecular complexity index is 611. The normalized spacial score (nSPS) is 11.1. The van der Waals surface area contributed by atoms with Crippen molar-refractivity contribution in [3.05, 3.63) is 36.0 Å². The summed E-state index contributed by atoms with van der Waals surface area (Å²) in [5.41, 5.74) is 2.02. The van der Waals surface area contributed by atoms with Crippen LogP contribution in [0.1, 0.15) is 5.69 Å². The average molecular weight is 245 g/mol. The SMILES string of the molecule is COC(=O)/C=C/c1cc2cc(OC)ccc2n1C. The summed E-state index contributed by atoms with van der Waals surface area (Å²) in [7, 11) is 4.95. The van der Waals surface area contributed by atoms with Gasteiger partial charge in [0.2, 0.25) is 0 Å². The standard InChI is InChI=1S/C14H15NO3/c1-15-11(4-7-14(16)18-3)8-10-9-12(17-2)5-6-13(10)15/h4-9H,1-3H3/b7-4+. The number of carbonyl (C=O) groups is 1. The third kappa shape index (κ3) is 2.22. The first kappa shape index (κ1) is 12.2. The van der Waals surface area contributed by atoms with Gasteiger partial charge < -0.3 is 14.0 Å². The van der Waals surface area contributed by atoms with Crippen LogP contribution in [-0.2, 0) is 16.6 Å². The molecule has 0 bridgehead atoms. The maximum absolute atomic E-state index is 11.1. The van der Waals surface area contributed by atoms with Crippen molar-refractivity contribution >= 4 is 22.9 Å². The molecule has 0 aliphatic rings. The molecule has 0 saturated carbocycles. The van der Waals surface area contributed by atoms with E-state index < -0.39 is 0 Å². The molecule has 2 rings (SSSR count). The summed E-state index contributed by atoms with van der Waals surface area (Å²) in [6.45, 7) is 0. The summed E-state index contributed by atoms with van der Waals surface area (Å²) in [5.74, 6) is 0.453. The molecule has 1 heterocycles. The van der Waals surface area contributed by atoms with E-state index in [1.807, 2.05) is 35.9 Å². The molecular formula is C14H15NO3. The number of rotatable bonds is 3. The van der Waals surface area contributed by atoms with Crippen molar-refractivity contribution < 1.29 is 14.3 Å². The van der Waals surface area contributed by atoms with Crippen LogP contribution in [0, 0.1) is 0 Å². The van der Waals surface area contributed by atoms with Gasteiger partial charge in [0.25, 0.3) is 0 Å². The van der Waals surface area contributed by atoms with Crippen molar-refractivity contribution in [3.63, 3.8) is 0 Å². The molecule has 1 aromatic carbocycles. The number of esters is 1. The fraction of sp³-hybridized carbons (Fsp3) is 0.214. The topological polar surface area (TPSA) is 40.5 Å². The Balaban J connectivity index is 2.43. The molecule has 0 aliphatic heterocycles. The van der Waals surface area contributed by atoms with E-state index in [4.69, 9.17) is 4.74 Å². The van der Waals surface area contributed by atoms with E-state index in [0.717, 1.165) is 22.3 Å². The number of aryl methyl sites for hydroxylation is 1. The van der Waals surface area contributed by atoms with E-state index in [9.17, 15) is 4.79 Å². The fourth-order valence-electron chi connectivity index (χ4n) is 1.86. The van der Waals surface area contributed by atoms with Gasteiger partial charge in [-0.15, -0.1) is 0 Å². The molecular weight excluding hydrogens is 230 g/mol. The average Bonchev–Trinajstić information content (AvgIpc) is 2.72. The largest absolute Gasteiger partial charge is 0.497 e. The first-order valence-corrected chi connectivity index (χ1v) is 5.55. The Kier molecular flexibility index (Phi) is 3.37. The third-order valence-electron chi connectivity index (χ3n) is 2.88. The van der Waals surface area contributed by atoms with Crippen LogP contribution < -0.4 is 4.74 Å². The number of aromatic nitrogens is 1. The van der Waals surface area contributed by atoms with Gasteiger partial charge in [0.15, 0.2) is 0 Å². The van der Waals surface area contributed by atoms with Gasteiger partial charge in [0.1, 0.15) is 5.75 Å². The number of benzene rings is 1. The number of ether oxygens (including phenoxy) is 2. The van der Waals surface area contributed by atoms with Gasteiger partial charge in [-0.2, -0.15) is 0 Å². The number of hydrogen-bond acceptors (Lipinski definition) is 3. The highest BCUT2D eigenvalue weighted by Crippen LogP contribution is 2.24. The zero-order valence-electron chi connectivity index (χ0n) is 10.6. The first-order chi connectivity index (χ1) is 8.65. The van der Waals surface area contributed by atoms with Gasteiger partial charge in [-0.05, 0) is 30.3 Å². The highest BCUT2D eigenvalue weighted by Gasteiger charge is 2.05. The Labute approximate surface area is 105 Å². The van der Waals surface area contributed by atoms with E-state index in [0.29, 0.717) is 0 Å². The molecule has 0 saturated heterocycles. The van der Waals surface area contributed by atoms with Crippen LogP contribution in [0.3, 0.4) is 0 Å². The molecule has 0 amide bonds. The number of fused-ring (bicyclic) bond motifs is 1. The second-order valence-corrected chi connectivity index (χ2v) is 3.91. The van der Waals surface area contributed by atoms with Crippen LogP contribution in [0.25, 0.3) is 17.0 Å². The fourth-order valence-corrected chi connectivity index (χ4v) is 1.86. The van der Waals surface area contributed by atoms with E-state index >= 15 is 0 Å². The minimum atomic E-state index is -0.363. The number of hydrogen-bond donors (Lipinski definition) is 0. The van der Waals surface area contributed by atoms with E-state index in [1.54, 1.807) is 13.2 Å². The molecule has 94 valence electrons. The lowest BCUT2D eigenvalue weighted by Gasteiger charge is -2.01. The molecule has 4 nitrogen and oxygen atoms in total. The molecule has 0 unspecified atom stereocenters. The van der Waals surface area contributed by atoms with Crippen molar-refractivity contribution in [1.29, 1.82) is 0 Å². The highest BCUT2D eigenvalue weighted by molar-refractivity contribution is 5.89. The maximum Gasteiger partial charge on any atom is 0.330 e. The van der Waals surface area contributed by atoms with Crippen LogP contribution in [0.2, 0.25) is 0 Å². The number of methoxy groups -OCH3 is 2. The van der Waals surface area contributed by atoms with Gasteiger partial charge in [-0.1, -0.05) is 0 Å². The molecule has 4 heteroatoms. The predicted molar refractivity (Wildman–Crippen MR) is 70.5 cm³/mol. The Morgan fingerprint density at radius 1 is 1.28 bits per heavy atom. The van der Waals surface area contributed by atoms with Crippen LogP contribution in [0.5, 0.6) is 5.75 Å². The van der Waals surface area contributed by atoms with E-state index in [-0.39, 0.29) is 5.97 Å². The smallest absolute Gasteiger partial charge is 0.330 e.